The van der Waals surface area contributed by atoms with E-state index in [4.69, 9.17) is 22.5 Å². The quantitative estimate of drug-likeness (QED) is 0.438. The average molecular weight is 463 g/mol. The second-order valence-electron chi connectivity index (χ2n) is 7.91. The fourth-order valence-electron chi connectivity index (χ4n) is 2.77. The number of hydrogen-bond acceptors (Lipinski definition) is 5. The minimum absolute atomic E-state index is 0.0334. The summed E-state index contributed by atoms with van der Waals surface area (Å²) in [6, 6.07) is 11.6. The number of halogens is 3. The number of anilines is 1. The predicted octanol–water partition coefficient (Wildman–Crippen LogP) is 4.45. The molecule has 0 aliphatic rings. The number of carbonyl (C=O) groups is 1. The second-order valence-corrected chi connectivity index (χ2v) is 8.33. The van der Waals surface area contributed by atoms with Crippen LogP contribution >= 0.6 is 12.2 Å². The molecule has 0 bridgehead atoms. The summed E-state index contributed by atoms with van der Waals surface area (Å²) >= 11 is 4.87. The molecule has 0 atom stereocenters. The van der Waals surface area contributed by atoms with Crippen LogP contribution in [0.3, 0.4) is 0 Å². The van der Waals surface area contributed by atoms with Gasteiger partial charge in [-0.3, -0.25) is 10.2 Å². The molecule has 0 saturated heterocycles. The normalized spacial score (nSPS) is 11.8. The van der Waals surface area contributed by atoms with Gasteiger partial charge in [0.05, 0.1) is 11.3 Å². The zero-order chi connectivity index (χ0) is 23.7. The monoisotopic (exact) mass is 463 g/mol. The van der Waals surface area contributed by atoms with Gasteiger partial charge in [-0.05, 0) is 41.4 Å². The Morgan fingerprint density at radius 3 is 2.31 bits per heavy atom. The van der Waals surface area contributed by atoms with E-state index in [1.165, 1.54) is 12.1 Å². The Hall–Kier alpha value is -3.47. The minimum atomic E-state index is -4.58. The highest BCUT2D eigenvalue weighted by Gasteiger charge is 2.31. The third-order valence-corrected chi connectivity index (χ3v) is 4.68. The van der Waals surface area contributed by atoms with Crippen molar-refractivity contribution >= 4 is 28.9 Å². The number of nitrogens with one attached hydrogen (secondary N) is 1. The van der Waals surface area contributed by atoms with E-state index in [1.54, 1.807) is 12.1 Å². The first-order valence-corrected chi connectivity index (χ1v) is 9.79. The molecule has 3 rings (SSSR count). The SMILES string of the molecule is CC(C)(C)c1ccc(-c2noc(C(=O)NN(C(N)=S)c3cccc(C(F)(F)F)c3)n2)cc1. The van der Waals surface area contributed by atoms with Gasteiger partial charge in [-0.2, -0.15) is 18.2 Å². The van der Waals surface area contributed by atoms with Gasteiger partial charge in [0.2, 0.25) is 5.82 Å². The van der Waals surface area contributed by atoms with Crippen LogP contribution in [-0.4, -0.2) is 21.2 Å². The molecule has 0 fully saturated rings. The number of hydrogen-bond donors (Lipinski definition) is 2. The first-order chi connectivity index (χ1) is 14.9. The number of rotatable bonds is 3. The van der Waals surface area contributed by atoms with Gasteiger partial charge in [0, 0.05) is 5.56 Å². The summed E-state index contributed by atoms with van der Waals surface area (Å²) in [4.78, 5) is 16.6. The number of benzene rings is 2. The number of aromatic nitrogens is 2. The van der Waals surface area contributed by atoms with Crippen molar-refractivity contribution in [3.05, 3.63) is 65.5 Å². The smallest absolute Gasteiger partial charge is 0.374 e. The number of thiocarbonyl (C=S) groups is 1. The number of nitrogens with zero attached hydrogens (tertiary/aromatic N) is 3. The maximum Gasteiger partial charge on any atom is 0.416 e. The Morgan fingerprint density at radius 2 is 1.75 bits per heavy atom. The van der Waals surface area contributed by atoms with Crippen LogP contribution in [0.1, 0.15) is 42.6 Å². The molecule has 3 N–H and O–H groups in total. The first kappa shape index (κ1) is 23.2. The van der Waals surface area contributed by atoms with E-state index in [2.05, 4.69) is 36.3 Å². The number of alkyl halides is 3. The van der Waals surface area contributed by atoms with Gasteiger partial charge in [-0.25, -0.2) is 5.01 Å². The van der Waals surface area contributed by atoms with Gasteiger partial charge in [-0.1, -0.05) is 56.3 Å². The molecule has 11 heteroatoms. The van der Waals surface area contributed by atoms with Crippen molar-refractivity contribution in [2.45, 2.75) is 32.4 Å². The van der Waals surface area contributed by atoms with Crippen LogP contribution in [0.2, 0.25) is 0 Å². The largest absolute Gasteiger partial charge is 0.416 e. The zero-order valence-electron chi connectivity index (χ0n) is 17.4. The zero-order valence-corrected chi connectivity index (χ0v) is 18.2. The fourth-order valence-corrected chi connectivity index (χ4v) is 2.92. The van der Waals surface area contributed by atoms with Gasteiger partial charge in [0.15, 0.2) is 5.11 Å². The van der Waals surface area contributed by atoms with Gasteiger partial charge in [0.25, 0.3) is 0 Å². The highest BCUT2D eigenvalue weighted by molar-refractivity contribution is 7.80. The Morgan fingerprint density at radius 1 is 1.09 bits per heavy atom. The van der Waals surface area contributed by atoms with Crippen LogP contribution in [0.15, 0.2) is 53.1 Å². The first-order valence-electron chi connectivity index (χ1n) is 9.38. The number of nitrogens with two attached hydrogens (primary N) is 1. The van der Waals surface area contributed by atoms with Crippen molar-refractivity contribution in [2.24, 2.45) is 5.73 Å². The summed E-state index contributed by atoms with van der Waals surface area (Å²) in [5, 5.41) is 4.24. The molecular formula is C21H20F3N5O2S. The number of hydrazine groups is 1. The topological polar surface area (TPSA) is 97.3 Å². The highest BCUT2D eigenvalue weighted by Crippen LogP contribution is 2.31. The highest BCUT2D eigenvalue weighted by atomic mass is 32.1. The molecule has 0 spiro atoms. The summed E-state index contributed by atoms with van der Waals surface area (Å²) < 4.78 is 44.0. The van der Waals surface area contributed by atoms with Crippen LogP contribution in [0.4, 0.5) is 18.9 Å². The molecule has 0 unspecified atom stereocenters. The van der Waals surface area contributed by atoms with Crippen molar-refractivity contribution in [1.82, 2.24) is 15.6 Å². The Labute approximate surface area is 187 Å². The molecule has 2 aromatic carbocycles. The number of amides is 1. The van der Waals surface area contributed by atoms with Crippen molar-refractivity contribution in [3.63, 3.8) is 0 Å². The third kappa shape index (κ3) is 5.22. The van der Waals surface area contributed by atoms with Crippen LogP contribution in [0.25, 0.3) is 11.4 Å². The van der Waals surface area contributed by atoms with Crippen LogP contribution in [0, 0.1) is 0 Å². The maximum absolute atomic E-state index is 13.0. The van der Waals surface area contributed by atoms with Crippen LogP contribution < -0.4 is 16.2 Å². The summed E-state index contributed by atoms with van der Waals surface area (Å²) in [7, 11) is 0. The summed E-state index contributed by atoms with van der Waals surface area (Å²) in [6.45, 7) is 6.24. The molecule has 0 radical (unpaired) electrons. The van der Waals surface area contributed by atoms with Crippen molar-refractivity contribution in [1.29, 1.82) is 0 Å². The molecule has 3 aromatic rings. The van der Waals surface area contributed by atoms with Gasteiger partial charge in [-0.15, -0.1) is 0 Å². The fraction of sp³-hybridized carbons (Fsp3) is 0.238. The van der Waals surface area contributed by atoms with E-state index in [1.807, 2.05) is 12.1 Å². The van der Waals surface area contributed by atoms with Gasteiger partial charge in [0.1, 0.15) is 0 Å². The average Bonchev–Trinajstić information content (AvgIpc) is 3.21. The molecule has 168 valence electrons. The molecule has 0 aliphatic heterocycles. The lowest BCUT2D eigenvalue weighted by Crippen LogP contribution is -2.49. The molecular weight excluding hydrogens is 443 g/mol. The standard InChI is InChI=1S/C21H20F3N5O2S/c1-20(2,3)13-9-7-12(8-10-13)16-26-18(31-28-16)17(30)27-29(19(25)32)15-6-4-5-14(11-15)21(22,23)24/h4-11H,1-3H3,(H2,25,32)(H,27,30). The lowest BCUT2D eigenvalue weighted by molar-refractivity contribution is -0.137. The molecule has 0 aliphatic carbocycles. The lowest BCUT2D eigenvalue weighted by atomic mass is 9.87. The predicted molar refractivity (Wildman–Crippen MR) is 117 cm³/mol. The Balaban J connectivity index is 1.81. The molecule has 7 nitrogen and oxygen atoms in total. The van der Waals surface area contributed by atoms with Crippen LogP contribution in [-0.2, 0) is 11.6 Å². The summed E-state index contributed by atoms with van der Waals surface area (Å²) in [6.07, 6.45) is -4.58. The molecule has 1 heterocycles. The van der Waals surface area contributed by atoms with Crippen LogP contribution in [0.5, 0.6) is 0 Å². The maximum atomic E-state index is 13.0. The van der Waals surface area contributed by atoms with E-state index in [0.717, 1.165) is 22.7 Å². The van der Waals surface area contributed by atoms with Gasteiger partial charge < -0.3 is 10.3 Å². The van der Waals surface area contributed by atoms with E-state index in [-0.39, 0.29) is 22.0 Å². The summed E-state index contributed by atoms with van der Waals surface area (Å²) in [5.74, 6) is -1.12. The van der Waals surface area contributed by atoms with E-state index in [9.17, 15) is 18.0 Å². The molecule has 1 amide bonds. The molecule has 32 heavy (non-hydrogen) atoms. The Kier molecular flexibility index (Phi) is 6.22. The minimum Gasteiger partial charge on any atom is -0.374 e. The van der Waals surface area contributed by atoms with E-state index in [0.29, 0.717) is 5.56 Å². The van der Waals surface area contributed by atoms with Gasteiger partial charge >= 0.3 is 18.0 Å². The summed E-state index contributed by atoms with van der Waals surface area (Å²) in [5.41, 5.74) is 8.57. The van der Waals surface area contributed by atoms with E-state index < -0.39 is 23.5 Å². The third-order valence-electron chi connectivity index (χ3n) is 4.49. The Bertz CT molecular complexity index is 1140. The second kappa shape index (κ2) is 8.58. The molecule has 0 saturated carbocycles. The lowest BCUT2D eigenvalue weighted by Gasteiger charge is -2.23. The van der Waals surface area contributed by atoms with Crippen molar-refractivity contribution < 1.29 is 22.5 Å². The van der Waals surface area contributed by atoms with Crippen molar-refractivity contribution in [2.75, 3.05) is 5.01 Å². The van der Waals surface area contributed by atoms with E-state index >= 15 is 0 Å². The number of carbonyl (C=O) groups excluding carboxylic acids is 1. The van der Waals surface area contributed by atoms with Crippen molar-refractivity contribution in [3.8, 4) is 11.4 Å². The molecule has 1 aromatic heterocycles.